The minimum Gasteiger partial charge on any atom is -0.334 e. The second-order valence-electron chi connectivity index (χ2n) is 8.50. The number of benzene rings is 1. The average Bonchev–Trinajstić information content (AvgIpc) is 3.18. The number of aryl methyl sites for hydroxylation is 1. The van der Waals surface area contributed by atoms with Crippen LogP contribution in [0, 0.1) is 6.92 Å². The van der Waals surface area contributed by atoms with E-state index in [9.17, 15) is 9.59 Å². The van der Waals surface area contributed by atoms with Crippen molar-refractivity contribution in [3.8, 4) is 0 Å². The van der Waals surface area contributed by atoms with Gasteiger partial charge in [0.1, 0.15) is 5.56 Å². The Bertz CT molecular complexity index is 914. The SMILES string of the molecule is Cc1cccc(Cn2cccc(C(=O)N3CCCC3CN3CCCCC3)c2=O)c1. The number of hydrogen-bond donors (Lipinski definition) is 0. The predicted molar refractivity (Wildman–Crippen MR) is 115 cm³/mol. The van der Waals surface area contributed by atoms with Crippen molar-refractivity contribution in [2.75, 3.05) is 26.2 Å². The molecule has 154 valence electrons. The quantitative estimate of drug-likeness (QED) is 0.783. The van der Waals surface area contributed by atoms with E-state index in [1.807, 2.05) is 36.1 Å². The van der Waals surface area contributed by atoms with Crippen LogP contribution in [-0.4, -0.2) is 52.5 Å². The van der Waals surface area contributed by atoms with Crippen LogP contribution in [0.2, 0.25) is 0 Å². The van der Waals surface area contributed by atoms with Crippen LogP contribution >= 0.6 is 0 Å². The summed E-state index contributed by atoms with van der Waals surface area (Å²) >= 11 is 0. The van der Waals surface area contributed by atoms with E-state index in [-0.39, 0.29) is 17.5 Å². The molecule has 1 aromatic carbocycles. The third-order valence-corrected chi connectivity index (χ3v) is 6.24. The van der Waals surface area contributed by atoms with E-state index in [1.165, 1.54) is 24.8 Å². The summed E-state index contributed by atoms with van der Waals surface area (Å²) in [7, 11) is 0. The van der Waals surface area contributed by atoms with Crippen LogP contribution in [0.5, 0.6) is 0 Å². The van der Waals surface area contributed by atoms with Crippen LogP contribution in [0.25, 0.3) is 0 Å². The Morgan fingerprint density at radius 1 is 1.03 bits per heavy atom. The van der Waals surface area contributed by atoms with Gasteiger partial charge in [-0.15, -0.1) is 0 Å². The van der Waals surface area contributed by atoms with Crippen molar-refractivity contribution >= 4 is 5.91 Å². The number of nitrogens with zero attached hydrogens (tertiary/aromatic N) is 3. The molecule has 1 aromatic heterocycles. The molecule has 4 rings (SSSR count). The Morgan fingerprint density at radius 3 is 2.66 bits per heavy atom. The second kappa shape index (κ2) is 8.95. The van der Waals surface area contributed by atoms with Gasteiger partial charge in [-0.3, -0.25) is 9.59 Å². The van der Waals surface area contributed by atoms with Crippen molar-refractivity contribution in [2.45, 2.75) is 51.6 Å². The Hall–Kier alpha value is -2.40. The Balaban J connectivity index is 1.51. The normalized spacial score (nSPS) is 20.2. The molecule has 2 fully saturated rings. The molecule has 2 aliphatic rings. The topological polar surface area (TPSA) is 45.6 Å². The zero-order valence-corrected chi connectivity index (χ0v) is 17.3. The maximum atomic E-state index is 13.3. The van der Waals surface area contributed by atoms with E-state index in [2.05, 4.69) is 11.0 Å². The predicted octanol–water partition coefficient (Wildman–Crippen LogP) is 3.30. The maximum Gasteiger partial charge on any atom is 0.263 e. The first-order chi connectivity index (χ1) is 14.1. The minimum atomic E-state index is -0.192. The summed E-state index contributed by atoms with van der Waals surface area (Å²) < 4.78 is 1.65. The van der Waals surface area contributed by atoms with Crippen LogP contribution in [0.4, 0.5) is 0 Å². The molecule has 0 radical (unpaired) electrons. The molecule has 1 amide bonds. The number of aromatic nitrogens is 1. The molecule has 0 saturated carbocycles. The van der Waals surface area contributed by atoms with Gasteiger partial charge in [0.05, 0.1) is 6.54 Å². The molecule has 3 heterocycles. The third kappa shape index (κ3) is 4.61. The summed E-state index contributed by atoms with van der Waals surface area (Å²) in [5.41, 5.74) is 2.34. The highest BCUT2D eigenvalue weighted by Crippen LogP contribution is 2.22. The first kappa shape index (κ1) is 19.9. The molecule has 0 bridgehead atoms. The molecular weight excluding hydrogens is 362 g/mol. The van der Waals surface area contributed by atoms with Crippen molar-refractivity contribution in [1.29, 1.82) is 0 Å². The lowest BCUT2D eigenvalue weighted by atomic mass is 10.1. The summed E-state index contributed by atoms with van der Waals surface area (Å²) in [6.45, 7) is 6.49. The first-order valence-corrected chi connectivity index (χ1v) is 10.9. The number of amides is 1. The van der Waals surface area contributed by atoms with Gasteiger partial charge in [0.25, 0.3) is 11.5 Å². The lowest BCUT2D eigenvalue weighted by molar-refractivity contribution is 0.0688. The van der Waals surface area contributed by atoms with E-state index in [0.717, 1.165) is 44.6 Å². The van der Waals surface area contributed by atoms with Gasteiger partial charge in [0.15, 0.2) is 0 Å². The lowest BCUT2D eigenvalue weighted by Crippen LogP contribution is -2.46. The van der Waals surface area contributed by atoms with Gasteiger partial charge in [-0.05, 0) is 63.4 Å². The molecule has 2 aliphatic heterocycles. The standard InChI is InChI=1S/C24H31N3O2/c1-19-8-5-9-20(16-19)17-26-14-7-11-22(23(26)28)24(29)27-15-6-10-21(27)18-25-12-3-2-4-13-25/h5,7-9,11,14,16,21H,2-4,6,10,12-13,15,17-18H2,1H3. The second-order valence-corrected chi connectivity index (χ2v) is 8.50. The molecular formula is C24H31N3O2. The Morgan fingerprint density at radius 2 is 1.86 bits per heavy atom. The lowest BCUT2D eigenvalue weighted by Gasteiger charge is -2.33. The molecule has 2 aromatic rings. The van der Waals surface area contributed by atoms with Crippen molar-refractivity contribution in [3.63, 3.8) is 0 Å². The third-order valence-electron chi connectivity index (χ3n) is 6.24. The molecule has 29 heavy (non-hydrogen) atoms. The summed E-state index contributed by atoms with van der Waals surface area (Å²) in [4.78, 5) is 30.8. The van der Waals surface area contributed by atoms with E-state index in [4.69, 9.17) is 0 Å². The number of hydrogen-bond acceptors (Lipinski definition) is 3. The number of carbonyl (C=O) groups excluding carboxylic acids is 1. The zero-order valence-electron chi connectivity index (χ0n) is 17.3. The van der Waals surface area contributed by atoms with Gasteiger partial charge in [-0.25, -0.2) is 0 Å². The number of rotatable bonds is 5. The largest absolute Gasteiger partial charge is 0.334 e. The summed E-state index contributed by atoms with van der Waals surface area (Å²) in [6.07, 6.45) is 7.65. The maximum absolute atomic E-state index is 13.3. The monoisotopic (exact) mass is 393 g/mol. The van der Waals surface area contributed by atoms with E-state index in [0.29, 0.717) is 12.1 Å². The van der Waals surface area contributed by atoms with E-state index in [1.54, 1.807) is 16.8 Å². The van der Waals surface area contributed by atoms with Gasteiger partial charge < -0.3 is 14.4 Å². The molecule has 5 nitrogen and oxygen atoms in total. The van der Waals surface area contributed by atoms with Crippen LogP contribution in [0.3, 0.4) is 0 Å². The fourth-order valence-corrected chi connectivity index (χ4v) is 4.72. The van der Waals surface area contributed by atoms with Crippen LogP contribution in [0.15, 0.2) is 47.4 Å². The smallest absolute Gasteiger partial charge is 0.263 e. The van der Waals surface area contributed by atoms with Crippen molar-refractivity contribution < 1.29 is 4.79 Å². The van der Waals surface area contributed by atoms with Crippen LogP contribution in [-0.2, 0) is 6.54 Å². The Labute approximate surface area is 172 Å². The van der Waals surface area contributed by atoms with Crippen molar-refractivity contribution in [3.05, 3.63) is 69.6 Å². The van der Waals surface area contributed by atoms with Crippen molar-refractivity contribution in [1.82, 2.24) is 14.4 Å². The van der Waals surface area contributed by atoms with E-state index >= 15 is 0 Å². The van der Waals surface area contributed by atoms with Crippen LogP contribution < -0.4 is 5.56 Å². The fourth-order valence-electron chi connectivity index (χ4n) is 4.72. The van der Waals surface area contributed by atoms with Crippen molar-refractivity contribution in [2.24, 2.45) is 0 Å². The highest BCUT2D eigenvalue weighted by Gasteiger charge is 2.32. The molecule has 1 atom stereocenters. The molecule has 1 unspecified atom stereocenters. The van der Waals surface area contributed by atoms with Gasteiger partial charge in [0.2, 0.25) is 0 Å². The van der Waals surface area contributed by atoms with Gasteiger partial charge in [-0.1, -0.05) is 36.2 Å². The summed E-state index contributed by atoms with van der Waals surface area (Å²) in [6, 6.07) is 11.9. The summed E-state index contributed by atoms with van der Waals surface area (Å²) in [5.74, 6) is -0.104. The number of likely N-dealkylation sites (tertiary alicyclic amines) is 2. The van der Waals surface area contributed by atoms with Gasteiger partial charge in [-0.2, -0.15) is 0 Å². The summed E-state index contributed by atoms with van der Waals surface area (Å²) in [5, 5.41) is 0. The highest BCUT2D eigenvalue weighted by molar-refractivity contribution is 5.94. The molecule has 0 N–H and O–H groups in total. The number of piperidine rings is 1. The van der Waals surface area contributed by atoms with Gasteiger partial charge in [0, 0.05) is 25.3 Å². The molecule has 5 heteroatoms. The molecule has 2 saturated heterocycles. The fraction of sp³-hybridized carbons (Fsp3) is 0.500. The highest BCUT2D eigenvalue weighted by atomic mass is 16.2. The van der Waals surface area contributed by atoms with E-state index < -0.39 is 0 Å². The van der Waals surface area contributed by atoms with Gasteiger partial charge >= 0.3 is 0 Å². The molecule has 0 spiro atoms. The first-order valence-electron chi connectivity index (χ1n) is 10.9. The Kier molecular flexibility index (Phi) is 6.14. The zero-order chi connectivity index (χ0) is 20.2. The molecule has 0 aliphatic carbocycles. The van der Waals surface area contributed by atoms with Crippen LogP contribution in [0.1, 0.15) is 53.6 Å². The average molecular weight is 394 g/mol. The number of carbonyl (C=O) groups is 1. The minimum absolute atomic E-state index is 0.104. The number of pyridine rings is 1.